The van der Waals surface area contributed by atoms with Crippen LogP contribution in [0.1, 0.15) is 21.6 Å². The molecule has 3 aromatic rings. The normalized spacial score (nSPS) is 13.6. The second-order valence-corrected chi connectivity index (χ2v) is 6.52. The van der Waals surface area contributed by atoms with Crippen molar-refractivity contribution in [2.45, 2.75) is 13.0 Å². The van der Waals surface area contributed by atoms with Gasteiger partial charge in [0.1, 0.15) is 17.1 Å². The van der Waals surface area contributed by atoms with E-state index in [0.29, 0.717) is 30.2 Å². The molecule has 26 heavy (non-hydrogen) atoms. The standard InChI is InChI=1S/C21H22N2O3/c1-22-16-8-5-4-7-14(16)15-13-23(12-11-17(15)22)21(24)20-18(25-2)9-6-10-19(20)26-3/h4-10H,11-13H2,1-3H3. The number of carbonyl (C=O) groups is 1. The van der Waals surface area contributed by atoms with Crippen molar-refractivity contribution in [1.82, 2.24) is 9.47 Å². The van der Waals surface area contributed by atoms with Gasteiger partial charge in [-0.15, -0.1) is 0 Å². The smallest absolute Gasteiger partial charge is 0.261 e. The van der Waals surface area contributed by atoms with E-state index >= 15 is 0 Å². The molecule has 0 N–H and O–H groups in total. The lowest BCUT2D eigenvalue weighted by Crippen LogP contribution is -2.36. The quantitative estimate of drug-likeness (QED) is 0.727. The molecular weight excluding hydrogens is 328 g/mol. The molecule has 0 unspecified atom stereocenters. The SMILES string of the molecule is COc1cccc(OC)c1C(=O)N1CCc2c(c3ccccc3n2C)C1. The minimum atomic E-state index is -0.0575. The molecule has 1 amide bonds. The molecule has 1 aliphatic rings. The second-order valence-electron chi connectivity index (χ2n) is 6.52. The van der Waals surface area contributed by atoms with Crippen LogP contribution in [-0.4, -0.2) is 36.1 Å². The van der Waals surface area contributed by atoms with Gasteiger partial charge in [-0.3, -0.25) is 4.79 Å². The lowest BCUT2D eigenvalue weighted by atomic mass is 10.0. The Hall–Kier alpha value is -2.95. The van der Waals surface area contributed by atoms with E-state index in [1.165, 1.54) is 22.2 Å². The Labute approximate surface area is 152 Å². The third kappa shape index (κ3) is 2.43. The van der Waals surface area contributed by atoms with Crippen molar-refractivity contribution >= 4 is 16.8 Å². The van der Waals surface area contributed by atoms with Gasteiger partial charge in [0, 0.05) is 48.7 Å². The van der Waals surface area contributed by atoms with Crippen LogP contribution in [-0.2, 0) is 20.0 Å². The number of hydrogen-bond acceptors (Lipinski definition) is 3. The predicted octanol–water partition coefficient (Wildman–Crippen LogP) is 3.39. The summed E-state index contributed by atoms with van der Waals surface area (Å²) in [7, 11) is 5.25. The van der Waals surface area contributed by atoms with E-state index in [1.807, 2.05) is 17.0 Å². The first-order chi connectivity index (χ1) is 12.7. The Morgan fingerprint density at radius 1 is 1.00 bits per heavy atom. The number of benzene rings is 2. The molecule has 5 heteroatoms. The monoisotopic (exact) mass is 350 g/mol. The fourth-order valence-corrected chi connectivity index (χ4v) is 3.92. The van der Waals surface area contributed by atoms with Crippen LogP contribution in [0.15, 0.2) is 42.5 Å². The van der Waals surface area contributed by atoms with E-state index in [9.17, 15) is 4.79 Å². The molecule has 5 nitrogen and oxygen atoms in total. The van der Waals surface area contributed by atoms with Crippen molar-refractivity contribution in [3.05, 3.63) is 59.3 Å². The maximum absolute atomic E-state index is 13.3. The Morgan fingerprint density at radius 3 is 2.38 bits per heavy atom. The van der Waals surface area contributed by atoms with Crippen LogP contribution >= 0.6 is 0 Å². The Balaban J connectivity index is 1.74. The fraction of sp³-hybridized carbons (Fsp3) is 0.286. The average Bonchev–Trinajstić information content (AvgIpc) is 2.99. The maximum atomic E-state index is 13.3. The van der Waals surface area contributed by atoms with Gasteiger partial charge < -0.3 is 18.9 Å². The minimum Gasteiger partial charge on any atom is -0.496 e. The lowest BCUT2D eigenvalue weighted by Gasteiger charge is -2.29. The van der Waals surface area contributed by atoms with E-state index in [4.69, 9.17) is 9.47 Å². The topological polar surface area (TPSA) is 43.7 Å². The fourth-order valence-electron chi connectivity index (χ4n) is 3.92. The summed E-state index contributed by atoms with van der Waals surface area (Å²) in [5.41, 5.74) is 4.24. The highest BCUT2D eigenvalue weighted by atomic mass is 16.5. The summed E-state index contributed by atoms with van der Waals surface area (Å²) in [6, 6.07) is 13.8. The highest BCUT2D eigenvalue weighted by Gasteiger charge is 2.29. The Kier molecular flexibility index (Phi) is 4.07. The van der Waals surface area contributed by atoms with Gasteiger partial charge in [0.25, 0.3) is 5.91 Å². The molecule has 0 aliphatic carbocycles. The first kappa shape index (κ1) is 16.5. The van der Waals surface area contributed by atoms with Gasteiger partial charge in [-0.05, 0) is 18.2 Å². The summed E-state index contributed by atoms with van der Waals surface area (Å²) in [6.45, 7) is 1.27. The van der Waals surface area contributed by atoms with Gasteiger partial charge in [-0.25, -0.2) is 0 Å². The third-order valence-corrected chi connectivity index (χ3v) is 5.24. The molecule has 0 radical (unpaired) electrons. The minimum absolute atomic E-state index is 0.0575. The van der Waals surface area contributed by atoms with E-state index in [2.05, 4.69) is 29.8 Å². The highest BCUT2D eigenvalue weighted by molar-refractivity contribution is 6.00. The number of nitrogens with zero attached hydrogens (tertiary/aromatic N) is 2. The van der Waals surface area contributed by atoms with E-state index < -0.39 is 0 Å². The molecule has 0 saturated carbocycles. The molecule has 0 atom stereocenters. The summed E-state index contributed by atoms with van der Waals surface area (Å²) >= 11 is 0. The number of ether oxygens (including phenoxy) is 2. The molecule has 2 heterocycles. The summed E-state index contributed by atoms with van der Waals surface area (Å²) < 4.78 is 13.1. The van der Waals surface area contributed by atoms with Crippen molar-refractivity contribution in [2.24, 2.45) is 7.05 Å². The van der Waals surface area contributed by atoms with E-state index in [1.54, 1.807) is 26.4 Å². The molecule has 0 fully saturated rings. The Morgan fingerprint density at radius 2 is 1.69 bits per heavy atom. The summed E-state index contributed by atoms with van der Waals surface area (Å²) in [4.78, 5) is 15.2. The van der Waals surface area contributed by atoms with Gasteiger partial charge in [0.05, 0.1) is 14.2 Å². The van der Waals surface area contributed by atoms with Crippen molar-refractivity contribution in [2.75, 3.05) is 20.8 Å². The Bertz CT molecular complexity index is 968. The molecule has 1 aromatic heterocycles. The van der Waals surface area contributed by atoms with Crippen LogP contribution in [0.2, 0.25) is 0 Å². The van der Waals surface area contributed by atoms with E-state index in [0.717, 1.165) is 6.42 Å². The second kappa shape index (κ2) is 6.41. The number of aryl methyl sites for hydroxylation is 1. The lowest BCUT2D eigenvalue weighted by molar-refractivity contribution is 0.0727. The van der Waals surface area contributed by atoms with Gasteiger partial charge >= 0.3 is 0 Å². The first-order valence-corrected chi connectivity index (χ1v) is 8.71. The number of para-hydroxylation sites is 1. The zero-order valence-electron chi connectivity index (χ0n) is 15.3. The molecule has 0 bridgehead atoms. The van der Waals surface area contributed by atoms with Crippen molar-refractivity contribution in [3.63, 3.8) is 0 Å². The van der Waals surface area contributed by atoms with Crippen LogP contribution in [0.5, 0.6) is 11.5 Å². The van der Waals surface area contributed by atoms with Gasteiger partial charge in [0.2, 0.25) is 0 Å². The zero-order valence-corrected chi connectivity index (χ0v) is 15.3. The largest absolute Gasteiger partial charge is 0.496 e. The summed E-state index contributed by atoms with van der Waals surface area (Å²) in [5, 5.41) is 1.22. The van der Waals surface area contributed by atoms with Crippen LogP contribution in [0.3, 0.4) is 0 Å². The molecule has 0 spiro atoms. The van der Waals surface area contributed by atoms with Crippen molar-refractivity contribution in [1.29, 1.82) is 0 Å². The number of amides is 1. The van der Waals surface area contributed by atoms with Crippen LogP contribution in [0.25, 0.3) is 10.9 Å². The molecule has 2 aromatic carbocycles. The van der Waals surface area contributed by atoms with Crippen molar-refractivity contribution in [3.8, 4) is 11.5 Å². The first-order valence-electron chi connectivity index (χ1n) is 8.71. The molecule has 4 rings (SSSR count). The predicted molar refractivity (Wildman–Crippen MR) is 101 cm³/mol. The molecule has 1 aliphatic heterocycles. The number of hydrogen-bond donors (Lipinski definition) is 0. The number of fused-ring (bicyclic) bond motifs is 3. The maximum Gasteiger partial charge on any atom is 0.261 e. The van der Waals surface area contributed by atoms with Crippen molar-refractivity contribution < 1.29 is 14.3 Å². The number of methoxy groups -OCH3 is 2. The third-order valence-electron chi connectivity index (χ3n) is 5.24. The van der Waals surface area contributed by atoms with Gasteiger partial charge in [-0.2, -0.15) is 0 Å². The average molecular weight is 350 g/mol. The van der Waals surface area contributed by atoms with Crippen LogP contribution in [0, 0.1) is 0 Å². The highest BCUT2D eigenvalue weighted by Crippen LogP contribution is 2.34. The molecular formula is C21H22N2O3. The summed E-state index contributed by atoms with van der Waals surface area (Å²) in [5.74, 6) is 1.02. The number of rotatable bonds is 3. The van der Waals surface area contributed by atoms with Gasteiger partial charge in [-0.1, -0.05) is 24.3 Å². The number of carbonyl (C=O) groups excluding carboxylic acids is 1. The summed E-state index contributed by atoms with van der Waals surface area (Å²) in [6.07, 6.45) is 0.837. The number of aromatic nitrogens is 1. The van der Waals surface area contributed by atoms with Gasteiger partial charge in [0.15, 0.2) is 0 Å². The van der Waals surface area contributed by atoms with E-state index in [-0.39, 0.29) is 5.91 Å². The zero-order chi connectivity index (χ0) is 18.3. The molecule has 0 saturated heterocycles. The molecule has 134 valence electrons. The van der Waals surface area contributed by atoms with Crippen LogP contribution < -0.4 is 9.47 Å². The van der Waals surface area contributed by atoms with Crippen LogP contribution in [0.4, 0.5) is 0 Å².